The van der Waals surface area contributed by atoms with Crippen LogP contribution in [-0.4, -0.2) is 30.3 Å². The average molecular weight is 377 g/mol. The van der Waals surface area contributed by atoms with E-state index in [9.17, 15) is 4.79 Å². The van der Waals surface area contributed by atoms with Gasteiger partial charge in [0.15, 0.2) is 0 Å². The number of rotatable bonds is 6. The molecule has 1 aliphatic rings. The molecule has 0 radical (unpaired) electrons. The van der Waals surface area contributed by atoms with Gasteiger partial charge in [-0.2, -0.15) is 0 Å². The SMILES string of the molecule is O=C(O)C1CCC(NCCOc2ccc(Cl)cc2Br)CC1. The fourth-order valence-electron chi connectivity index (χ4n) is 2.56. The topological polar surface area (TPSA) is 58.6 Å². The first-order valence-electron chi connectivity index (χ1n) is 7.10. The summed E-state index contributed by atoms with van der Waals surface area (Å²) in [6, 6.07) is 5.84. The molecule has 116 valence electrons. The van der Waals surface area contributed by atoms with Gasteiger partial charge < -0.3 is 15.2 Å². The minimum absolute atomic E-state index is 0.163. The van der Waals surface area contributed by atoms with Gasteiger partial charge in [-0.1, -0.05) is 11.6 Å². The van der Waals surface area contributed by atoms with Gasteiger partial charge in [-0.25, -0.2) is 0 Å². The average Bonchev–Trinajstić information content (AvgIpc) is 2.46. The van der Waals surface area contributed by atoms with Crippen LogP contribution in [0, 0.1) is 5.92 Å². The Morgan fingerprint density at radius 1 is 1.38 bits per heavy atom. The van der Waals surface area contributed by atoms with Gasteiger partial charge in [-0.3, -0.25) is 4.79 Å². The molecule has 1 saturated carbocycles. The maximum atomic E-state index is 10.9. The minimum Gasteiger partial charge on any atom is -0.491 e. The molecule has 0 spiro atoms. The molecule has 0 amide bonds. The van der Waals surface area contributed by atoms with Gasteiger partial charge >= 0.3 is 5.97 Å². The number of aliphatic carboxylic acids is 1. The third kappa shape index (κ3) is 5.16. The second kappa shape index (κ2) is 8.01. The summed E-state index contributed by atoms with van der Waals surface area (Å²) in [5.41, 5.74) is 0. The Bertz CT molecular complexity index is 490. The van der Waals surface area contributed by atoms with Gasteiger partial charge in [0.25, 0.3) is 0 Å². The first-order chi connectivity index (χ1) is 10.1. The molecular weight excluding hydrogens is 358 g/mol. The van der Waals surface area contributed by atoms with Crippen LogP contribution in [0.3, 0.4) is 0 Å². The summed E-state index contributed by atoms with van der Waals surface area (Å²) in [6.07, 6.45) is 3.36. The summed E-state index contributed by atoms with van der Waals surface area (Å²) in [4.78, 5) is 10.9. The molecule has 0 saturated heterocycles. The highest BCUT2D eigenvalue weighted by atomic mass is 79.9. The van der Waals surface area contributed by atoms with Crippen molar-refractivity contribution in [1.29, 1.82) is 0 Å². The molecule has 0 bridgehead atoms. The molecule has 21 heavy (non-hydrogen) atoms. The van der Waals surface area contributed by atoms with E-state index < -0.39 is 5.97 Å². The van der Waals surface area contributed by atoms with Crippen molar-refractivity contribution in [2.24, 2.45) is 5.92 Å². The monoisotopic (exact) mass is 375 g/mol. The van der Waals surface area contributed by atoms with Crippen LogP contribution in [0.25, 0.3) is 0 Å². The number of carbonyl (C=O) groups is 1. The number of carboxylic acids is 1. The predicted molar refractivity (Wildman–Crippen MR) is 86.0 cm³/mol. The summed E-state index contributed by atoms with van der Waals surface area (Å²) in [6.45, 7) is 1.32. The van der Waals surface area contributed by atoms with Crippen LogP contribution in [0.15, 0.2) is 22.7 Å². The van der Waals surface area contributed by atoms with Gasteiger partial charge in [0, 0.05) is 17.6 Å². The first-order valence-corrected chi connectivity index (χ1v) is 8.27. The Balaban J connectivity index is 1.65. The normalized spacial score (nSPS) is 22.0. The van der Waals surface area contributed by atoms with Gasteiger partial charge in [-0.15, -0.1) is 0 Å². The Morgan fingerprint density at radius 3 is 2.71 bits per heavy atom. The van der Waals surface area contributed by atoms with Crippen LogP contribution in [-0.2, 0) is 4.79 Å². The number of halogens is 2. The molecule has 1 aliphatic carbocycles. The molecule has 1 fully saturated rings. The lowest BCUT2D eigenvalue weighted by atomic mass is 9.86. The zero-order valence-electron chi connectivity index (χ0n) is 11.6. The van der Waals surface area contributed by atoms with Crippen molar-refractivity contribution >= 4 is 33.5 Å². The molecule has 0 aromatic heterocycles. The smallest absolute Gasteiger partial charge is 0.306 e. The van der Waals surface area contributed by atoms with E-state index in [1.165, 1.54) is 0 Å². The zero-order chi connectivity index (χ0) is 15.2. The fraction of sp³-hybridized carbons (Fsp3) is 0.533. The van der Waals surface area contributed by atoms with Crippen molar-refractivity contribution in [3.8, 4) is 5.75 Å². The zero-order valence-corrected chi connectivity index (χ0v) is 14.0. The van der Waals surface area contributed by atoms with Crippen LogP contribution < -0.4 is 10.1 Å². The number of hydrogen-bond acceptors (Lipinski definition) is 3. The number of benzene rings is 1. The van der Waals surface area contributed by atoms with E-state index in [-0.39, 0.29) is 5.92 Å². The third-order valence-corrected chi connectivity index (χ3v) is 4.62. The molecule has 2 N–H and O–H groups in total. The largest absolute Gasteiger partial charge is 0.491 e. The number of hydrogen-bond donors (Lipinski definition) is 2. The van der Waals surface area contributed by atoms with E-state index in [1.807, 2.05) is 6.07 Å². The van der Waals surface area contributed by atoms with E-state index >= 15 is 0 Å². The number of ether oxygens (including phenoxy) is 1. The van der Waals surface area contributed by atoms with Crippen molar-refractivity contribution in [2.45, 2.75) is 31.7 Å². The molecule has 1 aromatic carbocycles. The Labute approximate surface area is 138 Å². The fourth-order valence-corrected chi connectivity index (χ4v) is 3.36. The highest BCUT2D eigenvalue weighted by molar-refractivity contribution is 9.10. The summed E-state index contributed by atoms with van der Waals surface area (Å²) in [5, 5.41) is 13.0. The Morgan fingerprint density at radius 2 is 2.10 bits per heavy atom. The van der Waals surface area contributed by atoms with E-state index in [2.05, 4.69) is 21.2 Å². The minimum atomic E-state index is -0.663. The number of nitrogens with one attached hydrogen (secondary N) is 1. The lowest BCUT2D eigenvalue weighted by Gasteiger charge is -2.26. The summed E-state index contributed by atoms with van der Waals surface area (Å²) >= 11 is 9.28. The molecule has 1 aromatic rings. The van der Waals surface area contributed by atoms with E-state index in [1.54, 1.807) is 12.1 Å². The summed E-state index contributed by atoms with van der Waals surface area (Å²) in [7, 11) is 0. The Hall–Kier alpha value is -0.780. The lowest BCUT2D eigenvalue weighted by Crippen LogP contribution is -2.37. The first kappa shape index (κ1) is 16.6. The molecule has 4 nitrogen and oxygen atoms in total. The van der Waals surface area contributed by atoms with Crippen molar-refractivity contribution in [2.75, 3.05) is 13.2 Å². The highest BCUT2D eigenvalue weighted by Crippen LogP contribution is 2.28. The Kier molecular flexibility index (Phi) is 6.33. The molecule has 2 rings (SSSR count). The molecule has 0 atom stereocenters. The van der Waals surface area contributed by atoms with Gasteiger partial charge in [0.1, 0.15) is 12.4 Å². The molecule has 0 unspecified atom stereocenters. The van der Waals surface area contributed by atoms with Crippen LogP contribution in [0.1, 0.15) is 25.7 Å². The van der Waals surface area contributed by atoms with Crippen LogP contribution in [0.4, 0.5) is 0 Å². The predicted octanol–water partition coefficient (Wildman–Crippen LogP) is 3.71. The molecule has 0 heterocycles. The third-order valence-electron chi connectivity index (χ3n) is 3.76. The maximum Gasteiger partial charge on any atom is 0.306 e. The molecule has 0 aliphatic heterocycles. The van der Waals surface area contributed by atoms with Crippen molar-refractivity contribution in [3.05, 3.63) is 27.7 Å². The highest BCUT2D eigenvalue weighted by Gasteiger charge is 2.25. The lowest BCUT2D eigenvalue weighted by molar-refractivity contribution is -0.142. The maximum absolute atomic E-state index is 10.9. The second-order valence-corrected chi connectivity index (χ2v) is 6.55. The summed E-state index contributed by atoms with van der Waals surface area (Å²) in [5.74, 6) is -0.0514. The van der Waals surface area contributed by atoms with Crippen molar-refractivity contribution in [3.63, 3.8) is 0 Å². The van der Waals surface area contributed by atoms with Crippen molar-refractivity contribution < 1.29 is 14.6 Å². The van der Waals surface area contributed by atoms with Crippen LogP contribution >= 0.6 is 27.5 Å². The van der Waals surface area contributed by atoms with E-state index in [0.29, 0.717) is 17.7 Å². The van der Waals surface area contributed by atoms with Gasteiger partial charge in [0.05, 0.1) is 10.4 Å². The second-order valence-electron chi connectivity index (χ2n) is 5.26. The van der Waals surface area contributed by atoms with Crippen LogP contribution in [0.5, 0.6) is 5.75 Å². The van der Waals surface area contributed by atoms with E-state index in [4.69, 9.17) is 21.4 Å². The standard InChI is InChI=1S/C15H19BrClNO3/c16-13-9-11(17)3-6-14(13)21-8-7-18-12-4-1-10(2-5-12)15(19)20/h3,6,9-10,12,18H,1-2,4-5,7-8H2,(H,19,20). The van der Waals surface area contributed by atoms with E-state index in [0.717, 1.165) is 42.5 Å². The van der Waals surface area contributed by atoms with Crippen LogP contribution in [0.2, 0.25) is 5.02 Å². The quantitative estimate of drug-likeness (QED) is 0.743. The van der Waals surface area contributed by atoms with Gasteiger partial charge in [-0.05, 0) is 59.8 Å². The van der Waals surface area contributed by atoms with Gasteiger partial charge in [0.2, 0.25) is 0 Å². The molecule has 6 heteroatoms. The van der Waals surface area contributed by atoms with Crippen molar-refractivity contribution in [1.82, 2.24) is 5.32 Å². The number of carboxylic acid groups (broad SMARTS) is 1. The summed E-state index contributed by atoms with van der Waals surface area (Å²) < 4.78 is 6.52. The molecular formula is C15H19BrClNO3.